The minimum Gasteiger partial charge on any atom is -0.492 e. The van der Waals surface area contributed by atoms with E-state index in [4.69, 9.17) is 9.72 Å². The van der Waals surface area contributed by atoms with Gasteiger partial charge in [-0.25, -0.2) is 4.98 Å². The highest BCUT2D eigenvalue weighted by molar-refractivity contribution is 8.15. The molecule has 8 heteroatoms. The summed E-state index contributed by atoms with van der Waals surface area (Å²) in [7, 11) is 0. The first-order valence-electron chi connectivity index (χ1n) is 16.1. The Balaban J connectivity index is 1.01. The molecule has 6 nitrogen and oxygen atoms in total. The molecule has 1 aromatic heterocycles. The number of hydrogen-bond donors (Lipinski definition) is 1. The third-order valence-corrected chi connectivity index (χ3v) is 10.7. The van der Waals surface area contributed by atoms with Crippen LogP contribution >= 0.6 is 23.1 Å². The van der Waals surface area contributed by atoms with E-state index in [1.165, 1.54) is 9.60 Å². The summed E-state index contributed by atoms with van der Waals surface area (Å²) in [5, 5.41) is 3.77. The summed E-state index contributed by atoms with van der Waals surface area (Å²) in [6, 6.07) is 45.6. The van der Waals surface area contributed by atoms with Crippen molar-refractivity contribution in [2.24, 2.45) is 0 Å². The SMILES string of the molecule is O=C1SC(Cc2ccc(OCCNCCc3nc4ccccc4s3)cc2)C(=O)N1C(c1ccccc1)(c1ccccc1)c1ccccc1. The van der Waals surface area contributed by atoms with E-state index >= 15 is 0 Å². The molecule has 0 aliphatic carbocycles. The van der Waals surface area contributed by atoms with Gasteiger partial charge in [-0.1, -0.05) is 127 Å². The smallest absolute Gasteiger partial charge is 0.290 e. The van der Waals surface area contributed by atoms with Gasteiger partial charge in [0.05, 0.1) is 20.5 Å². The van der Waals surface area contributed by atoms with Crippen LogP contribution in [-0.2, 0) is 23.2 Å². The maximum absolute atomic E-state index is 14.4. The Morgan fingerprint density at radius 1 is 0.708 bits per heavy atom. The monoisotopic (exact) mass is 669 g/mol. The van der Waals surface area contributed by atoms with Gasteiger partial charge >= 0.3 is 0 Å². The molecule has 1 atom stereocenters. The van der Waals surface area contributed by atoms with Crippen LogP contribution in [0, 0.1) is 0 Å². The molecule has 7 rings (SSSR count). The lowest BCUT2D eigenvalue weighted by molar-refractivity contribution is -0.129. The van der Waals surface area contributed by atoms with Crippen molar-refractivity contribution in [3.05, 3.63) is 167 Å². The third-order valence-electron chi connectivity index (χ3n) is 8.58. The number of imide groups is 1. The molecule has 1 N–H and O–H groups in total. The van der Waals surface area contributed by atoms with Crippen molar-refractivity contribution in [3.63, 3.8) is 0 Å². The van der Waals surface area contributed by atoms with Gasteiger partial charge in [0.2, 0.25) is 5.91 Å². The van der Waals surface area contributed by atoms with Crippen LogP contribution in [0.2, 0.25) is 0 Å². The predicted molar refractivity (Wildman–Crippen MR) is 195 cm³/mol. The summed E-state index contributed by atoms with van der Waals surface area (Å²) in [5.41, 5.74) is 3.50. The average molecular weight is 670 g/mol. The topological polar surface area (TPSA) is 71.5 Å². The zero-order chi connectivity index (χ0) is 32.8. The molecule has 6 aromatic rings. The largest absolute Gasteiger partial charge is 0.492 e. The van der Waals surface area contributed by atoms with Crippen LogP contribution in [-0.4, -0.2) is 46.0 Å². The Hall–Kier alpha value is -4.76. The molecule has 48 heavy (non-hydrogen) atoms. The quantitative estimate of drug-likeness (QED) is 0.0990. The summed E-state index contributed by atoms with van der Waals surface area (Å²) in [5.74, 6) is 0.574. The zero-order valence-corrected chi connectivity index (χ0v) is 28.0. The number of carbonyl (C=O) groups excluding carboxylic acids is 2. The molecule has 240 valence electrons. The molecular formula is C40H35N3O3S2. The van der Waals surface area contributed by atoms with Crippen LogP contribution in [0.1, 0.15) is 27.3 Å². The summed E-state index contributed by atoms with van der Waals surface area (Å²) < 4.78 is 7.19. The van der Waals surface area contributed by atoms with Crippen molar-refractivity contribution < 1.29 is 14.3 Å². The lowest BCUT2D eigenvalue weighted by Gasteiger charge is -2.42. The standard InChI is InChI=1S/C40H35N3O3S2/c44-38-36(28-29-20-22-33(23-21-29)46-27-26-41-25-24-37-42-34-18-10-11-19-35(34)47-37)48-39(45)43(38)40(30-12-4-1-5-13-30,31-14-6-2-7-15-31)32-16-8-3-9-17-32/h1-23,36,41H,24-28H2. The van der Waals surface area contributed by atoms with Crippen LogP contribution < -0.4 is 10.1 Å². The Morgan fingerprint density at radius 2 is 1.29 bits per heavy atom. The Labute approximate surface area is 288 Å². The fourth-order valence-electron chi connectivity index (χ4n) is 6.34. The molecule has 1 unspecified atom stereocenters. The number of nitrogens with zero attached hydrogens (tertiary/aromatic N) is 2. The molecule has 1 aliphatic heterocycles. The van der Waals surface area contributed by atoms with E-state index in [1.807, 2.05) is 127 Å². The van der Waals surface area contributed by atoms with Gasteiger partial charge in [-0.3, -0.25) is 14.5 Å². The summed E-state index contributed by atoms with van der Waals surface area (Å²) in [6.07, 6.45) is 1.32. The maximum Gasteiger partial charge on any atom is 0.290 e. The van der Waals surface area contributed by atoms with Gasteiger partial charge in [-0.05, 0) is 52.9 Å². The van der Waals surface area contributed by atoms with E-state index in [-0.39, 0.29) is 11.1 Å². The second kappa shape index (κ2) is 14.6. The average Bonchev–Trinajstić information content (AvgIpc) is 3.68. The van der Waals surface area contributed by atoms with Crippen LogP contribution in [0.25, 0.3) is 10.2 Å². The van der Waals surface area contributed by atoms with Crippen molar-refractivity contribution in [2.45, 2.75) is 23.6 Å². The fourth-order valence-corrected chi connectivity index (χ4v) is 8.36. The second-order valence-corrected chi connectivity index (χ2v) is 13.9. The molecule has 1 fully saturated rings. The first kappa shape index (κ1) is 31.8. The van der Waals surface area contributed by atoms with Gasteiger partial charge < -0.3 is 10.1 Å². The summed E-state index contributed by atoms with van der Waals surface area (Å²) >= 11 is 2.85. The Morgan fingerprint density at radius 3 is 1.90 bits per heavy atom. The molecule has 0 radical (unpaired) electrons. The van der Waals surface area contributed by atoms with Crippen molar-refractivity contribution in [2.75, 3.05) is 19.7 Å². The van der Waals surface area contributed by atoms with Gasteiger partial charge in [0.15, 0.2) is 0 Å². The third kappa shape index (κ3) is 6.52. The number of ether oxygens (including phenoxy) is 1. The Bertz CT molecular complexity index is 1850. The molecule has 0 bridgehead atoms. The molecule has 0 spiro atoms. The number of aromatic nitrogens is 1. The second-order valence-electron chi connectivity index (χ2n) is 11.6. The number of amides is 2. The van der Waals surface area contributed by atoms with Crippen molar-refractivity contribution in [1.82, 2.24) is 15.2 Å². The highest BCUT2D eigenvalue weighted by Gasteiger charge is 2.53. The van der Waals surface area contributed by atoms with Gasteiger partial charge in [0.25, 0.3) is 5.24 Å². The number of thioether (sulfide) groups is 1. The van der Waals surface area contributed by atoms with E-state index in [0.29, 0.717) is 13.0 Å². The normalized spacial score (nSPS) is 14.9. The van der Waals surface area contributed by atoms with E-state index in [0.717, 1.165) is 69.8 Å². The van der Waals surface area contributed by atoms with E-state index in [1.54, 1.807) is 11.3 Å². The minimum atomic E-state index is -1.11. The molecule has 1 aliphatic rings. The van der Waals surface area contributed by atoms with Gasteiger partial charge in [0.1, 0.15) is 17.9 Å². The summed E-state index contributed by atoms with van der Waals surface area (Å²) in [4.78, 5) is 34.5. The molecule has 1 saturated heterocycles. The number of benzene rings is 5. The molecule has 2 amide bonds. The predicted octanol–water partition coefficient (Wildman–Crippen LogP) is 8.11. The number of thiazole rings is 1. The van der Waals surface area contributed by atoms with Gasteiger partial charge in [0, 0.05) is 19.5 Å². The lowest BCUT2D eigenvalue weighted by Crippen LogP contribution is -2.51. The number of carbonyl (C=O) groups is 2. The van der Waals surface area contributed by atoms with Crippen molar-refractivity contribution >= 4 is 44.5 Å². The zero-order valence-electron chi connectivity index (χ0n) is 26.3. The van der Waals surface area contributed by atoms with Gasteiger partial charge in [-0.2, -0.15) is 0 Å². The minimum absolute atomic E-state index is 0.196. The number of nitrogens with one attached hydrogen (secondary N) is 1. The fraction of sp³-hybridized carbons (Fsp3) is 0.175. The number of fused-ring (bicyclic) bond motifs is 1. The number of rotatable bonds is 13. The van der Waals surface area contributed by atoms with Crippen LogP contribution in [0.15, 0.2) is 140 Å². The van der Waals surface area contributed by atoms with E-state index in [9.17, 15) is 9.59 Å². The molecular weight excluding hydrogens is 635 g/mol. The van der Waals surface area contributed by atoms with Crippen LogP contribution in [0.4, 0.5) is 4.79 Å². The maximum atomic E-state index is 14.4. The first-order valence-corrected chi connectivity index (χ1v) is 17.8. The Kier molecular flexibility index (Phi) is 9.65. The van der Waals surface area contributed by atoms with E-state index in [2.05, 4.69) is 17.4 Å². The number of para-hydroxylation sites is 1. The lowest BCUT2D eigenvalue weighted by atomic mass is 9.75. The van der Waals surface area contributed by atoms with Crippen molar-refractivity contribution in [1.29, 1.82) is 0 Å². The highest BCUT2D eigenvalue weighted by atomic mass is 32.2. The molecule has 5 aromatic carbocycles. The number of hydrogen-bond acceptors (Lipinski definition) is 7. The van der Waals surface area contributed by atoms with Crippen LogP contribution in [0.3, 0.4) is 0 Å². The van der Waals surface area contributed by atoms with Crippen LogP contribution in [0.5, 0.6) is 5.75 Å². The molecule has 0 saturated carbocycles. The van der Waals surface area contributed by atoms with Gasteiger partial charge in [-0.15, -0.1) is 11.3 Å². The van der Waals surface area contributed by atoms with E-state index < -0.39 is 10.8 Å². The first-order chi connectivity index (χ1) is 23.6. The highest BCUT2D eigenvalue weighted by Crippen LogP contribution is 2.47. The summed E-state index contributed by atoms with van der Waals surface area (Å²) in [6.45, 7) is 2.11. The van der Waals surface area contributed by atoms with Crippen molar-refractivity contribution in [3.8, 4) is 5.75 Å². The molecule has 2 heterocycles.